The van der Waals surface area contributed by atoms with Crippen LogP contribution in [0.25, 0.3) is 0 Å². The Morgan fingerprint density at radius 2 is 0.860 bits per heavy atom. The van der Waals surface area contributed by atoms with Gasteiger partial charge in [-0.3, -0.25) is 4.55 Å². The molecule has 0 spiro atoms. The zero-order valence-corrected chi connectivity index (χ0v) is 24.3. The summed E-state index contributed by atoms with van der Waals surface area (Å²) in [4.78, 5) is 0. The van der Waals surface area contributed by atoms with E-state index in [1.807, 2.05) is 0 Å². The van der Waals surface area contributed by atoms with E-state index in [2.05, 4.69) is 4.74 Å². The first-order valence-corrected chi connectivity index (χ1v) is 13.9. The Kier molecular flexibility index (Phi) is 13.3. The number of ether oxygens (including phenoxy) is 4. The van der Waals surface area contributed by atoms with Crippen LogP contribution in [0.4, 0.5) is 87.8 Å². The van der Waals surface area contributed by atoms with Gasteiger partial charge in [0.15, 0.2) is 0 Å². The van der Waals surface area contributed by atoms with Crippen LogP contribution in [0, 0.1) is 0 Å². The molecule has 0 saturated heterocycles. The first-order valence-electron chi connectivity index (χ1n) is 12.3. The summed E-state index contributed by atoms with van der Waals surface area (Å²) in [6, 6.07) is 1.30. The predicted molar refractivity (Wildman–Crippen MR) is 121 cm³/mol. The van der Waals surface area contributed by atoms with Crippen molar-refractivity contribution in [1.82, 2.24) is 0 Å². The maximum Gasteiger partial charge on any atom is 0.471 e. The SMILES string of the molecule is O=S(=O)(O)CCOCCOCCOc1ccc(OC(F)(F)C(F)(F)C(F)(F)C(F)(F)C(F)(F)C(F)(F)C(F)(F)C(F)(F)C(F)(F)C(F)F)cc1. The minimum absolute atomic E-state index is 0.133. The second-order valence-corrected chi connectivity index (χ2v) is 11.0. The van der Waals surface area contributed by atoms with Crippen molar-refractivity contribution in [3.63, 3.8) is 0 Å². The van der Waals surface area contributed by atoms with Crippen LogP contribution >= 0.6 is 0 Å². The molecule has 0 radical (unpaired) electrons. The van der Waals surface area contributed by atoms with E-state index in [1.54, 1.807) is 0 Å². The lowest BCUT2D eigenvalue weighted by Crippen LogP contribution is -2.76. The standard InChI is InChI=1S/C22H18F20O7S/c23-13(24)14(25,26)15(27,28)16(29,30)17(31,32)18(33,34)19(35,36)20(37,38)21(39,40)22(41,42)49-12-3-1-11(2-4-12)48-8-7-46-5-6-47-9-10-50(43,44)45/h1-4,13H,5-10H2,(H,43,44,45). The Bertz CT molecular complexity index is 1370. The van der Waals surface area contributed by atoms with Crippen LogP contribution < -0.4 is 9.47 Å². The highest BCUT2D eigenvalue weighted by molar-refractivity contribution is 7.85. The van der Waals surface area contributed by atoms with Gasteiger partial charge in [0, 0.05) is 0 Å². The summed E-state index contributed by atoms with van der Waals surface area (Å²) < 4.78 is 318. The van der Waals surface area contributed by atoms with Gasteiger partial charge in [-0.1, -0.05) is 0 Å². The van der Waals surface area contributed by atoms with Crippen LogP contribution in [0.5, 0.6) is 11.5 Å². The molecule has 0 bridgehead atoms. The summed E-state index contributed by atoms with van der Waals surface area (Å²) in [6.07, 6.45) is -13.4. The largest absolute Gasteiger partial charge is 0.491 e. The van der Waals surface area contributed by atoms with Crippen LogP contribution in [0.3, 0.4) is 0 Å². The lowest BCUT2D eigenvalue weighted by atomic mass is 9.87. The zero-order chi connectivity index (χ0) is 39.6. The van der Waals surface area contributed by atoms with Crippen molar-refractivity contribution in [2.75, 3.05) is 38.8 Å². The first-order chi connectivity index (χ1) is 22.1. The molecule has 0 aliphatic carbocycles. The fourth-order valence-electron chi connectivity index (χ4n) is 3.04. The zero-order valence-electron chi connectivity index (χ0n) is 23.5. The highest BCUT2D eigenvalue weighted by Gasteiger charge is 2.97. The molecule has 0 aromatic heterocycles. The minimum Gasteiger partial charge on any atom is -0.491 e. The molecule has 294 valence electrons. The van der Waals surface area contributed by atoms with Gasteiger partial charge in [0.25, 0.3) is 10.1 Å². The van der Waals surface area contributed by atoms with Gasteiger partial charge in [-0.25, -0.2) is 8.78 Å². The maximum absolute atomic E-state index is 14.1. The highest BCUT2D eigenvalue weighted by atomic mass is 32.2. The summed E-state index contributed by atoms with van der Waals surface area (Å²) in [5, 5.41) is 0. The monoisotopic (exact) mass is 806 g/mol. The molecule has 0 heterocycles. The quantitative estimate of drug-likeness (QED) is 0.0793. The van der Waals surface area contributed by atoms with Gasteiger partial charge in [0.1, 0.15) is 18.1 Å². The van der Waals surface area contributed by atoms with Crippen molar-refractivity contribution in [3.05, 3.63) is 24.3 Å². The van der Waals surface area contributed by atoms with Gasteiger partial charge in [0.05, 0.1) is 32.2 Å². The lowest BCUT2D eigenvalue weighted by Gasteiger charge is -2.44. The molecule has 1 N–H and O–H groups in total. The summed E-state index contributed by atoms with van der Waals surface area (Å²) in [7, 11) is -4.28. The molecule has 1 aromatic carbocycles. The number of alkyl halides is 20. The molecule has 50 heavy (non-hydrogen) atoms. The highest BCUT2D eigenvalue weighted by Crippen LogP contribution is 2.65. The van der Waals surface area contributed by atoms with Crippen LogP contribution in [0.15, 0.2) is 24.3 Å². The van der Waals surface area contributed by atoms with E-state index in [4.69, 9.17) is 18.8 Å². The average Bonchev–Trinajstić information content (AvgIpc) is 2.95. The number of benzene rings is 1. The van der Waals surface area contributed by atoms with Crippen molar-refractivity contribution in [2.24, 2.45) is 0 Å². The van der Waals surface area contributed by atoms with Gasteiger partial charge in [-0.15, -0.1) is 0 Å². The van der Waals surface area contributed by atoms with Crippen molar-refractivity contribution in [3.8, 4) is 11.5 Å². The molecular formula is C22H18F20O7S. The molecule has 7 nitrogen and oxygen atoms in total. The van der Waals surface area contributed by atoms with E-state index in [-0.39, 0.29) is 32.0 Å². The molecule has 0 atom stereocenters. The topological polar surface area (TPSA) is 91.3 Å². The molecule has 28 heteroatoms. The third kappa shape index (κ3) is 8.31. The van der Waals surface area contributed by atoms with Gasteiger partial charge in [0.2, 0.25) is 0 Å². The Morgan fingerprint density at radius 1 is 0.520 bits per heavy atom. The van der Waals surface area contributed by atoms with Gasteiger partial charge in [-0.2, -0.15) is 87.4 Å². The maximum atomic E-state index is 14.1. The lowest BCUT2D eigenvalue weighted by molar-refractivity contribution is -0.474. The van der Waals surface area contributed by atoms with Crippen LogP contribution in [0.2, 0.25) is 0 Å². The minimum atomic E-state index is -9.12. The Labute approximate surface area is 265 Å². The Morgan fingerprint density at radius 3 is 1.26 bits per heavy atom. The number of hydrogen-bond acceptors (Lipinski definition) is 6. The molecule has 0 aliphatic heterocycles. The molecule has 0 saturated carbocycles. The van der Waals surface area contributed by atoms with Gasteiger partial charge in [-0.05, 0) is 24.3 Å². The fourth-order valence-corrected chi connectivity index (χ4v) is 3.36. The average molecular weight is 806 g/mol. The summed E-state index contributed by atoms with van der Waals surface area (Å²) >= 11 is 0. The molecular weight excluding hydrogens is 788 g/mol. The Balaban J connectivity index is 3.13. The van der Waals surface area contributed by atoms with Gasteiger partial charge < -0.3 is 18.9 Å². The van der Waals surface area contributed by atoms with E-state index in [9.17, 15) is 96.2 Å². The van der Waals surface area contributed by atoms with Crippen molar-refractivity contribution in [1.29, 1.82) is 0 Å². The third-order valence-electron chi connectivity index (χ3n) is 5.85. The smallest absolute Gasteiger partial charge is 0.471 e. The first kappa shape index (κ1) is 45.3. The van der Waals surface area contributed by atoms with Crippen LogP contribution in [-0.2, 0) is 19.6 Å². The predicted octanol–water partition coefficient (Wildman–Crippen LogP) is 7.31. The van der Waals surface area contributed by atoms with Crippen molar-refractivity contribution in [2.45, 2.75) is 59.9 Å². The van der Waals surface area contributed by atoms with E-state index in [1.165, 1.54) is 0 Å². The molecule has 0 aliphatic rings. The molecule has 0 amide bonds. The summed E-state index contributed by atoms with van der Waals surface area (Å²) in [5.41, 5.74) is 0. The second kappa shape index (κ2) is 14.7. The van der Waals surface area contributed by atoms with E-state index >= 15 is 0 Å². The summed E-state index contributed by atoms with van der Waals surface area (Å²) in [6.45, 7) is -1.45. The van der Waals surface area contributed by atoms with E-state index in [0.717, 1.165) is 0 Å². The fraction of sp³-hybridized carbons (Fsp3) is 0.727. The number of halogens is 20. The molecule has 0 fully saturated rings. The second-order valence-electron chi connectivity index (χ2n) is 9.39. The number of rotatable bonds is 21. The van der Waals surface area contributed by atoms with Crippen LogP contribution in [-0.4, -0.2) is 112 Å². The number of hydrogen-bond donors (Lipinski definition) is 1. The molecule has 1 aromatic rings. The van der Waals surface area contributed by atoms with Crippen LogP contribution in [0.1, 0.15) is 0 Å². The molecule has 0 unspecified atom stereocenters. The van der Waals surface area contributed by atoms with E-state index < -0.39 is 100 Å². The third-order valence-corrected chi connectivity index (χ3v) is 6.53. The summed E-state index contributed by atoms with van der Waals surface area (Å²) in [5.74, 6) is -72.2. The Hall–Kier alpha value is -2.75. The van der Waals surface area contributed by atoms with Crippen molar-refractivity contribution < 1.29 is 120 Å². The van der Waals surface area contributed by atoms with Gasteiger partial charge >= 0.3 is 59.9 Å². The normalized spacial score (nSPS) is 15.1. The van der Waals surface area contributed by atoms with E-state index in [0.29, 0.717) is 12.1 Å². The van der Waals surface area contributed by atoms with Crippen molar-refractivity contribution >= 4 is 10.1 Å². The molecule has 1 rings (SSSR count).